The van der Waals surface area contributed by atoms with Crippen molar-refractivity contribution in [3.05, 3.63) is 53.6 Å². The number of nitrogens with one attached hydrogen (secondary N) is 1. The molecule has 3 rings (SSSR count). The number of ether oxygens (including phenoxy) is 1. The number of urea groups is 1. The second-order valence-electron chi connectivity index (χ2n) is 6.08. The van der Waals surface area contributed by atoms with Gasteiger partial charge in [0.25, 0.3) is 0 Å². The molecule has 1 atom stereocenters. The molecule has 0 aromatic heterocycles. The summed E-state index contributed by atoms with van der Waals surface area (Å²) in [6.45, 7) is 2.10. The SMILES string of the molecule is COc1ccc(N(C(=O)Nc2ccc(Cl)cc2)[C@@H](C)C2CC2)cc1. The summed E-state index contributed by atoms with van der Waals surface area (Å²) in [6, 6.07) is 14.7. The summed E-state index contributed by atoms with van der Waals surface area (Å²) in [4.78, 5) is 14.7. The fraction of sp³-hybridized carbons (Fsp3) is 0.316. The molecule has 1 aliphatic carbocycles. The van der Waals surface area contributed by atoms with Gasteiger partial charge in [0, 0.05) is 22.4 Å². The quantitative estimate of drug-likeness (QED) is 0.811. The zero-order valence-corrected chi connectivity index (χ0v) is 14.6. The van der Waals surface area contributed by atoms with Gasteiger partial charge in [-0.1, -0.05) is 11.6 Å². The number of hydrogen-bond acceptors (Lipinski definition) is 2. The predicted molar refractivity (Wildman–Crippen MR) is 98.1 cm³/mol. The average Bonchev–Trinajstić information content (AvgIpc) is 3.43. The lowest BCUT2D eigenvalue weighted by Crippen LogP contribution is -2.42. The van der Waals surface area contributed by atoms with Crippen LogP contribution in [-0.2, 0) is 0 Å². The van der Waals surface area contributed by atoms with Crippen LogP contribution in [0.25, 0.3) is 0 Å². The first kappa shape index (κ1) is 16.7. The highest BCUT2D eigenvalue weighted by atomic mass is 35.5. The molecule has 1 aliphatic rings. The van der Waals surface area contributed by atoms with E-state index in [9.17, 15) is 4.79 Å². The van der Waals surface area contributed by atoms with Crippen LogP contribution in [0.1, 0.15) is 19.8 Å². The first-order valence-electron chi connectivity index (χ1n) is 8.08. The van der Waals surface area contributed by atoms with Crippen LogP contribution in [0.4, 0.5) is 16.2 Å². The maximum atomic E-state index is 12.9. The number of amides is 2. The molecule has 1 fully saturated rings. The zero-order chi connectivity index (χ0) is 17.1. The van der Waals surface area contributed by atoms with Gasteiger partial charge in [-0.2, -0.15) is 0 Å². The summed E-state index contributed by atoms with van der Waals surface area (Å²) >= 11 is 5.90. The van der Waals surface area contributed by atoms with E-state index in [0.29, 0.717) is 10.9 Å². The van der Waals surface area contributed by atoms with Crippen molar-refractivity contribution in [2.45, 2.75) is 25.8 Å². The Morgan fingerprint density at radius 2 is 1.79 bits per heavy atom. The molecule has 2 aromatic rings. The number of halogens is 1. The summed E-state index contributed by atoms with van der Waals surface area (Å²) in [7, 11) is 1.63. The molecule has 2 amide bonds. The van der Waals surface area contributed by atoms with Gasteiger partial charge in [0.15, 0.2) is 0 Å². The number of carbonyl (C=O) groups excluding carboxylic acids is 1. The van der Waals surface area contributed by atoms with E-state index in [1.165, 1.54) is 12.8 Å². The summed E-state index contributed by atoms with van der Waals surface area (Å²) < 4.78 is 5.20. The third kappa shape index (κ3) is 3.82. The van der Waals surface area contributed by atoms with Crippen LogP contribution >= 0.6 is 11.6 Å². The fourth-order valence-corrected chi connectivity index (χ4v) is 2.91. The fourth-order valence-electron chi connectivity index (χ4n) is 2.79. The maximum Gasteiger partial charge on any atom is 0.326 e. The minimum atomic E-state index is -0.137. The molecule has 126 valence electrons. The van der Waals surface area contributed by atoms with Crippen LogP contribution in [-0.4, -0.2) is 19.2 Å². The monoisotopic (exact) mass is 344 g/mol. The predicted octanol–water partition coefficient (Wildman–Crippen LogP) is 5.19. The maximum absolute atomic E-state index is 12.9. The zero-order valence-electron chi connectivity index (χ0n) is 13.8. The van der Waals surface area contributed by atoms with Crippen LogP contribution in [0.5, 0.6) is 5.75 Å². The van der Waals surface area contributed by atoms with Crippen LogP contribution in [0.3, 0.4) is 0 Å². The summed E-state index contributed by atoms with van der Waals surface area (Å²) in [5, 5.41) is 3.60. The molecule has 0 heterocycles. The van der Waals surface area contributed by atoms with E-state index >= 15 is 0 Å². The third-order valence-corrected chi connectivity index (χ3v) is 4.63. The molecule has 0 aliphatic heterocycles. The number of hydrogen-bond donors (Lipinski definition) is 1. The van der Waals surface area contributed by atoms with Crippen molar-refractivity contribution in [1.29, 1.82) is 0 Å². The first-order chi connectivity index (χ1) is 11.6. The van der Waals surface area contributed by atoms with E-state index in [4.69, 9.17) is 16.3 Å². The minimum absolute atomic E-state index is 0.137. The van der Waals surface area contributed by atoms with Crippen molar-refractivity contribution in [3.63, 3.8) is 0 Å². The number of rotatable bonds is 5. The second-order valence-corrected chi connectivity index (χ2v) is 6.52. The molecule has 0 spiro atoms. The molecule has 0 radical (unpaired) electrons. The van der Waals surface area contributed by atoms with Gasteiger partial charge >= 0.3 is 6.03 Å². The first-order valence-corrected chi connectivity index (χ1v) is 8.46. The van der Waals surface area contributed by atoms with Crippen molar-refractivity contribution in [1.82, 2.24) is 0 Å². The van der Waals surface area contributed by atoms with Gasteiger partial charge in [-0.15, -0.1) is 0 Å². The molecule has 5 heteroatoms. The van der Waals surface area contributed by atoms with Crippen LogP contribution < -0.4 is 15.0 Å². The highest BCUT2D eigenvalue weighted by molar-refractivity contribution is 6.30. The van der Waals surface area contributed by atoms with Gasteiger partial charge in [0.2, 0.25) is 0 Å². The van der Waals surface area contributed by atoms with E-state index < -0.39 is 0 Å². The topological polar surface area (TPSA) is 41.6 Å². The van der Waals surface area contributed by atoms with Crippen molar-refractivity contribution >= 4 is 29.0 Å². The number of anilines is 2. The van der Waals surface area contributed by atoms with E-state index in [1.54, 1.807) is 31.4 Å². The molecule has 4 nitrogen and oxygen atoms in total. The number of carbonyl (C=O) groups is 1. The Morgan fingerprint density at radius 3 is 2.33 bits per heavy atom. The van der Waals surface area contributed by atoms with E-state index in [2.05, 4.69) is 12.2 Å². The molecular formula is C19H21ClN2O2. The summed E-state index contributed by atoms with van der Waals surface area (Å²) in [5.74, 6) is 1.33. The number of methoxy groups -OCH3 is 1. The lowest BCUT2D eigenvalue weighted by atomic mass is 10.1. The summed E-state index contributed by atoms with van der Waals surface area (Å²) in [5.41, 5.74) is 1.59. The molecule has 24 heavy (non-hydrogen) atoms. The molecule has 0 saturated heterocycles. The minimum Gasteiger partial charge on any atom is -0.497 e. The van der Waals surface area contributed by atoms with Gasteiger partial charge in [0.05, 0.1) is 7.11 Å². The van der Waals surface area contributed by atoms with Crippen molar-refractivity contribution < 1.29 is 9.53 Å². The lowest BCUT2D eigenvalue weighted by molar-refractivity contribution is 0.254. The Balaban J connectivity index is 1.82. The van der Waals surface area contributed by atoms with Gasteiger partial charge < -0.3 is 10.1 Å². The summed E-state index contributed by atoms with van der Waals surface area (Å²) in [6.07, 6.45) is 2.34. The normalized spacial score (nSPS) is 14.8. The molecule has 2 aromatic carbocycles. The van der Waals surface area contributed by atoms with E-state index in [0.717, 1.165) is 17.1 Å². The molecule has 1 saturated carbocycles. The Labute approximate surface area is 147 Å². The largest absolute Gasteiger partial charge is 0.497 e. The number of benzene rings is 2. The van der Waals surface area contributed by atoms with Crippen LogP contribution in [0.2, 0.25) is 5.02 Å². The van der Waals surface area contributed by atoms with Gasteiger partial charge in [-0.25, -0.2) is 4.79 Å². The number of nitrogens with zero attached hydrogens (tertiary/aromatic N) is 1. The van der Waals surface area contributed by atoms with Gasteiger partial charge in [-0.3, -0.25) is 4.90 Å². The molecule has 0 bridgehead atoms. The standard InChI is InChI=1S/C19H21ClN2O2/c1-13(14-3-4-14)22(17-9-11-18(24-2)12-10-17)19(23)21-16-7-5-15(20)6-8-16/h5-14H,3-4H2,1-2H3,(H,21,23)/t13-/m0/s1. The van der Waals surface area contributed by atoms with Crippen molar-refractivity contribution in [3.8, 4) is 5.75 Å². The molecule has 0 unspecified atom stereocenters. The molecular weight excluding hydrogens is 324 g/mol. The van der Waals surface area contributed by atoms with Crippen molar-refractivity contribution in [2.75, 3.05) is 17.3 Å². The average molecular weight is 345 g/mol. The Kier molecular flexibility index (Phi) is 4.95. The van der Waals surface area contributed by atoms with E-state index in [-0.39, 0.29) is 12.1 Å². The third-order valence-electron chi connectivity index (χ3n) is 4.38. The van der Waals surface area contributed by atoms with E-state index in [1.807, 2.05) is 29.2 Å². The van der Waals surface area contributed by atoms with Crippen molar-refractivity contribution in [2.24, 2.45) is 5.92 Å². The van der Waals surface area contributed by atoms with Crippen LogP contribution in [0.15, 0.2) is 48.5 Å². The Morgan fingerprint density at radius 1 is 1.17 bits per heavy atom. The highest BCUT2D eigenvalue weighted by Crippen LogP contribution is 2.37. The lowest BCUT2D eigenvalue weighted by Gasteiger charge is -2.30. The molecule has 1 N–H and O–H groups in total. The van der Waals surface area contributed by atoms with Gasteiger partial charge in [-0.05, 0) is 74.2 Å². The highest BCUT2D eigenvalue weighted by Gasteiger charge is 2.35. The van der Waals surface area contributed by atoms with Gasteiger partial charge in [0.1, 0.15) is 5.75 Å². The Hall–Kier alpha value is -2.20. The van der Waals surface area contributed by atoms with Crippen LogP contribution in [0, 0.1) is 5.92 Å². The second kappa shape index (κ2) is 7.14. The smallest absolute Gasteiger partial charge is 0.326 e. The Bertz CT molecular complexity index is 696.